The van der Waals surface area contributed by atoms with Crippen LogP contribution in [0.25, 0.3) is 89.5 Å². The first-order chi connectivity index (χ1) is 26.8. The van der Waals surface area contributed by atoms with Crippen molar-refractivity contribution in [3.05, 3.63) is 140 Å². The summed E-state index contributed by atoms with van der Waals surface area (Å²) in [5.74, 6) is 1.88. The van der Waals surface area contributed by atoms with E-state index in [1.54, 1.807) is 0 Å². The van der Waals surface area contributed by atoms with Crippen molar-refractivity contribution in [3.63, 3.8) is 0 Å². The quantitative estimate of drug-likeness (QED) is 0.246. The van der Waals surface area contributed by atoms with Crippen LogP contribution < -0.4 is 32.8 Å². The zero-order valence-corrected chi connectivity index (χ0v) is 32.0. The van der Waals surface area contributed by atoms with E-state index in [9.17, 15) is 0 Å². The average molecular weight is 699 g/mol. The topological polar surface area (TPSA) is 51.8 Å². The maximum absolute atomic E-state index is 6.99. The fourth-order valence-corrected chi connectivity index (χ4v) is 8.11. The molecule has 9 rings (SSSR count). The lowest BCUT2D eigenvalue weighted by Gasteiger charge is -2.17. The van der Waals surface area contributed by atoms with E-state index >= 15 is 0 Å². The number of benzene rings is 7. The van der Waals surface area contributed by atoms with E-state index < -0.39 is 0 Å². The minimum absolute atomic E-state index is 0.624. The normalized spacial score (nSPS) is 11.3. The van der Waals surface area contributed by atoms with Gasteiger partial charge in [0.05, 0.1) is 0 Å². The molecule has 0 amide bonds. The van der Waals surface area contributed by atoms with E-state index in [0.717, 1.165) is 66.3 Å². The van der Waals surface area contributed by atoms with Gasteiger partial charge in [0.15, 0.2) is 17.5 Å². The van der Waals surface area contributed by atoms with Gasteiger partial charge in [0, 0.05) is 27.5 Å². The zero-order valence-electron chi connectivity index (χ0n) is 32.0. The monoisotopic (exact) mass is 699 g/mol. The molecule has 55 heavy (non-hydrogen) atoms. The summed E-state index contributed by atoms with van der Waals surface area (Å²) in [7, 11) is 13.2. The number of nitrogens with zero attached hydrogens (tertiary/aromatic N) is 3. The van der Waals surface area contributed by atoms with Crippen molar-refractivity contribution in [1.29, 1.82) is 0 Å². The molecule has 0 aliphatic carbocycles. The van der Waals surface area contributed by atoms with E-state index in [0.29, 0.717) is 17.5 Å². The molecule has 0 saturated carbocycles. The second-order valence-electron chi connectivity index (χ2n) is 14.6. The van der Waals surface area contributed by atoms with Gasteiger partial charge in [-0.1, -0.05) is 161 Å². The summed E-state index contributed by atoms with van der Waals surface area (Å²) in [6.07, 6.45) is 0. The lowest BCUT2D eigenvalue weighted by atomic mass is 9.66. The van der Waals surface area contributed by atoms with E-state index in [4.69, 9.17) is 19.4 Å². The van der Waals surface area contributed by atoms with Gasteiger partial charge in [-0.05, 0) is 44.9 Å². The SMILES string of the molecule is Bc1c(B)c(-c2ccccc2)c2c(oc3c(B)c(-c4nc(-c5ccc(-c6ccccc6)cc5)nc(-c5cccc(-c6ccccc6)c5)n4)c(B)c(B)c32)c1B. The Morgan fingerprint density at radius 1 is 0.309 bits per heavy atom. The maximum Gasteiger partial charge on any atom is 0.164 e. The molecule has 2 aromatic heterocycles. The van der Waals surface area contributed by atoms with Gasteiger partial charge in [0.1, 0.15) is 58.2 Å². The van der Waals surface area contributed by atoms with E-state index in [2.05, 4.69) is 174 Å². The number of aromatic nitrogens is 3. The van der Waals surface area contributed by atoms with Crippen molar-refractivity contribution < 1.29 is 4.42 Å². The molecule has 0 saturated heterocycles. The highest BCUT2D eigenvalue weighted by atomic mass is 16.3. The molecule has 2 heterocycles. The summed E-state index contributed by atoms with van der Waals surface area (Å²) in [4.78, 5) is 15.7. The second-order valence-corrected chi connectivity index (χ2v) is 14.6. The maximum atomic E-state index is 6.99. The van der Waals surface area contributed by atoms with Crippen molar-refractivity contribution in [2.75, 3.05) is 0 Å². The van der Waals surface area contributed by atoms with Gasteiger partial charge in [-0.2, -0.15) is 0 Å². The van der Waals surface area contributed by atoms with Gasteiger partial charge in [-0.3, -0.25) is 0 Å². The summed E-state index contributed by atoms with van der Waals surface area (Å²) in [6.45, 7) is 0. The van der Waals surface area contributed by atoms with E-state index in [1.165, 1.54) is 38.5 Å². The number of rotatable bonds is 6. The Balaban J connectivity index is 1.29. The molecule has 0 spiro atoms. The molecule has 254 valence electrons. The van der Waals surface area contributed by atoms with Crippen molar-refractivity contribution >= 4 is 102 Å². The molecule has 0 fully saturated rings. The van der Waals surface area contributed by atoms with Crippen molar-refractivity contribution in [2.45, 2.75) is 0 Å². The van der Waals surface area contributed by atoms with Crippen molar-refractivity contribution in [3.8, 4) is 67.5 Å². The first-order valence-corrected chi connectivity index (χ1v) is 18.9. The van der Waals surface area contributed by atoms with Gasteiger partial charge in [-0.25, -0.2) is 15.0 Å². The van der Waals surface area contributed by atoms with Crippen LogP contribution in [-0.4, -0.2) is 62.0 Å². The van der Waals surface area contributed by atoms with Gasteiger partial charge >= 0.3 is 0 Å². The molecule has 0 N–H and O–H groups in total. The highest BCUT2D eigenvalue weighted by Gasteiger charge is 2.26. The Morgan fingerprint density at radius 3 is 1.40 bits per heavy atom. The summed E-state index contributed by atoms with van der Waals surface area (Å²) in [5.41, 5.74) is 18.6. The van der Waals surface area contributed by atoms with Crippen LogP contribution in [0.15, 0.2) is 144 Å². The lowest BCUT2D eigenvalue weighted by Crippen LogP contribution is -2.40. The highest BCUT2D eigenvalue weighted by Crippen LogP contribution is 2.34. The van der Waals surface area contributed by atoms with Crippen LogP contribution >= 0.6 is 0 Å². The largest absolute Gasteiger partial charge is 0.457 e. The molecule has 0 bridgehead atoms. The van der Waals surface area contributed by atoms with Crippen LogP contribution in [0, 0.1) is 0 Å². The average Bonchev–Trinajstić information content (AvgIpc) is 3.64. The number of furan rings is 1. The predicted molar refractivity (Wildman–Crippen MR) is 249 cm³/mol. The fourth-order valence-electron chi connectivity index (χ4n) is 8.11. The number of fused-ring (bicyclic) bond motifs is 3. The first kappa shape index (κ1) is 34.5. The Morgan fingerprint density at radius 2 is 0.764 bits per heavy atom. The summed E-state index contributed by atoms with van der Waals surface area (Å²) >= 11 is 0. The third-order valence-corrected chi connectivity index (χ3v) is 11.4. The predicted octanol–water partition coefficient (Wildman–Crippen LogP) is 1.32. The minimum atomic E-state index is 0.624. The fraction of sp³-hybridized carbons (Fsp3) is 0. The van der Waals surface area contributed by atoms with Crippen LogP contribution in [0.4, 0.5) is 0 Å². The van der Waals surface area contributed by atoms with E-state index in [-0.39, 0.29) is 0 Å². The smallest absolute Gasteiger partial charge is 0.164 e. The highest BCUT2D eigenvalue weighted by molar-refractivity contribution is 6.65. The second kappa shape index (κ2) is 13.9. The molecule has 0 aliphatic heterocycles. The summed E-state index contributed by atoms with van der Waals surface area (Å²) < 4.78 is 6.99. The Bertz CT molecular complexity index is 2920. The van der Waals surface area contributed by atoms with Gasteiger partial charge in [-0.15, -0.1) is 0 Å². The van der Waals surface area contributed by atoms with Gasteiger partial charge < -0.3 is 4.42 Å². The molecular weight excluding hydrogens is 663 g/mol. The molecule has 0 radical (unpaired) electrons. The molecular formula is C45H35B6N3O. The van der Waals surface area contributed by atoms with E-state index in [1.807, 2.05) is 12.1 Å². The standard InChI is InChI=1S/C45H35B6N3O/c46-35-31(27-15-8-3-9-16-27)32-33-36(47)37(48)34(38(49)42(33)55-41(32)40(51)39(35)50)45-53-43(28-21-19-26(20-22-28)24-11-4-1-5-12-24)52-44(54-45)30-18-10-17-29(23-30)25-13-6-2-7-14-25/h1-23H,46-51H2. The third-order valence-electron chi connectivity index (χ3n) is 11.4. The molecule has 4 nitrogen and oxygen atoms in total. The Labute approximate surface area is 327 Å². The number of hydrogen-bond acceptors (Lipinski definition) is 4. The van der Waals surface area contributed by atoms with Crippen LogP contribution in [-0.2, 0) is 0 Å². The van der Waals surface area contributed by atoms with Crippen molar-refractivity contribution in [1.82, 2.24) is 15.0 Å². The molecule has 10 heteroatoms. The molecule has 0 atom stereocenters. The van der Waals surface area contributed by atoms with Gasteiger partial charge in [0.25, 0.3) is 0 Å². The van der Waals surface area contributed by atoms with Crippen LogP contribution in [0.3, 0.4) is 0 Å². The van der Waals surface area contributed by atoms with Gasteiger partial charge in [0.2, 0.25) is 0 Å². The Hall–Kier alpha value is -6.26. The number of hydrogen-bond donors (Lipinski definition) is 0. The Kier molecular flexibility index (Phi) is 8.70. The lowest BCUT2D eigenvalue weighted by molar-refractivity contribution is 0.674. The molecule has 7 aromatic carbocycles. The van der Waals surface area contributed by atoms with Crippen molar-refractivity contribution in [2.24, 2.45) is 0 Å². The summed E-state index contributed by atoms with van der Waals surface area (Å²) in [6, 6.07) is 48.5. The first-order valence-electron chi connectivity index (χ1n) is 18.9. The third kappa shape index (κ3) is 5.93. The molecule has 9 aromatic rings. The van der Waals surface area contributed by atoms with Crippen LogP contribution in [0.2, 0.25) is 0 Å². The minimum Gasteiger partial charge on any atom is -0.457 e. The zero-order chi connectivity index (χ0) is 37.8. The molecule has 0 unspecified atom stereocenters. The summed E-state index contributed by atoms with van der Waals surface area (Å²) in [5, 5.41) is 2.32. The molecule has 0 aliphatic rings. The van der Waals surface area contributed by atoms with Crippen LogP contribution in [0.1, 0.15) is 0 Å². The van der Waals surface area contributed by atoms with Crippen LogP contribution in [0.5, 0.6) is 0 Å².